The van der Waals surface area contributed by atoms with Crippen LogP contribution in [0.5, 0.6) is 0 Å². The van der Waals surface area contributed by atoms with Gasteiger partial charge in [-0.25, -0.2) is 9.41 Å². The maximum absolute atomic E-state index is 8.43. The van der Waals surface area contributed by atoms with Gasteiger partial charge in [-0.1, -0.05) is 38.1 Å². The number of hydrogen-bond acceptors (Lipinski definition) is 1. The Kier molecular flexibility index (Phi) is 3.47. The van der Waals surface area contributed by atoms with Crippen molar-refractivity contribution < 1.29 is 11.7 Å². The van der Waals surface area contributed by atoms with Crippen LogP contribution < -0.4 is 4.57 Å². The van der Waals surface area contributed by atoms with Crippen molar-refractivity contribution in [2.45, 2.75) is 33.6 Å². The second-order valence-electron chi connectivity index (χ2n) is 7.27. The van der Waals surface area contributed by atoms with Crippen molar-refractivity contribution in [3.05, 3.63) is 70.7 Å². The fourth-order valence-electron chi connectivity index (χ4n) is 3.59. The molecule has 0 bridgehead atoms. The molecule has 2 aromatic carbocycles. The fraction of sp³-hybridized carbons (Fsp3) is 0.250. The van der Waals surface area contributed by atoms with E-state index in [1.807, 2.05) is 69.6 Å². The van der Waals surface area contributed by atoms with Gasteiger partial charge in [0.25, 0.3) is 0 Å². The summed E-state index contributed by atoms with van der Waals surface area (Å²) in [6, 6.07) is 11.8. The fourth-order valence-corrected chi connectivity index (χ4v) is 3.59. The van der Waals surface area contributed by atoms with Crippen LogP contribution in [0, 0.1) is 20.4 Å². The average molecular weight is 357 g/mol. The number of rotatable bonds is 2. The molecular weight excluding hydrogens is 332 g/mol. The molecule has 0 aliphatic heterocycles. The molecule has 0 aliphatic rings. The number of nitrogens with zero attached hydrogens (tertiary/aromatic N) is 2. The first-order valence-electron chi connectivity index (χ1n) is 9.98. The van der Waals surface area contributed by atoms with Gasteiger partial charge in [-0.2, -0.15) is 0 Å². The molecule has 0 radical (unpaired) electrons. The second-order valence-corrected chi connectivity index (χ2v) is 7.27. The molecule has 3 nitrogen and oxygen atoms in total. The van der Waals surface area contributed by atoms with Crippen molar-refractivity contribution in [1.29, 1.82) is 0 Å². The minimum atomic E-state index is -0.817. The molecule has 4 aromatic rings. The van der Waals surface area contributed by atoms with Gasteiger partial charge in [-0.05, 0) is 36.4 Å². The predicted octanol–water partition coefficient (Wildman–Crippen LogP) is 6.37. The molecule has 2 heterocycles. The predicted molar refractivity (Wildman–Crippen MR) is 110 cm³/mol. The van der Waals surface area contributed by atoms with Gasteiger partial charge in [0, 0.05) is 24.3 Å². The lowest BCUT2D eigenvalue weighted by Crippen LogP contribution is -2.31. The van der Waals surface area contributed by atoms with Crippen molar-refractivity contribution >= 4 is 27.6 Å². The number of furan rings is 1. The highest BCUT2D eigenvalue weighted by Crippen LogP contribution is 2.41. The third-order valence-electron chi connectivity index (χ3n) is 5.21. The van der Waals surface area contributed by atoms with Crippen LogP contribution in [-0.4, -0.2) is 0 Å². The molecule has 0 aliphatic carbocycles. The van der Waals surface area contributed by atoms with Gasteiger partial charge < -0.3 is 4.42 Å². The molecule has 0 saturated carbocycles. The summed E-state index contributed by atoms with van der Waals surface area (Å²) in [5.41, 5.74) is 6.27. The maximum Gasteiger partial charge on any atom is 0.232 e. The number of aromatic nitrogens is 1. The molecule has 0 fully saturated rings. The van der Waals surface area contributed by atoms with Crippen LogP contribution in [-0.2, 0) is 7.05 Å². The Balaban J connectivity index is 2.16. The summed E-state index contributed by atoms with van der Waals surface area (Å²) in [5.74, 6) is -0.817. The van der Waals surface area contributed by atoms with Gasteiger partial charge in [-0.15, -0.1) is 0 Å². The molecule has 3 heteroatoms. The van der Waals surface area contributed by atoms with E-state index in [0.717, 1.165) is 38.7 Å². The molecule has 2 aromatic heterocycles. The van der Waals surface area contributed by atoms with E-state index in [2.05, 4.69) is 4.85 Å². The molecule has 134 valence electrons. The zero-order valence-electron chi connectivity index (χ0n) is 18.3. The number of aryl methyl sites for hydroxylation is 2. The van der Waals surface area contributed by atoms with Crippen molar-refractivity contribution in [2.75, 3.05) is 0 Å². The Morgan fingerprint density at radius 1 is 1.07 bits per heavy atom. The summed E-state index contributed by atoms with van der Waals surface area (Å²) < 4.78 is 25.0. The van der Waals surface area contributed by atoms with Crippen molar-refractivity contribution in [3.8, 4) is 11.3 Å². The largest absolute Gasteiger partial charge is 0.466 e. The molecule has 0 amide bonds. The van der Waals surface area contributed by atoms with E-state index in [0.29, 0.717) is 23.0 Å². The molecule has 0 atom stereocenters. The number of benzene rings is 2. The third-order valence-corrected chi connectivity index (χ3v) is 5.21. The standard InChI is InChI=1S/C24H23N2O/c1-14(2)17-11-12-26(6)20(13-17)21-15(3)7-9-18-19-10-8-16(4)22(25-5)24(19)27-23(18)21/h7-14H,1-4,6H3/q+1/i12D,14D. The van der Waals surface area contributed by atoms with Gasteiger partial charge in [-0.3, -0.25) is 0 Å². The first-order chi connectivity index (χ1) is 13.6. The van der Waals surface area contributed by atoms with Gasteiger partial charge in [0.15, 0.2) is 6.17 Å². The third kappa shape index (κ3) is 2.61. The first-order valence-corrected chi connectivity index (χ1v) is 8.98. The summed E-state index contributed by atoms with van der Waals surface area (Å²) in [6.45, 7) is 15.2. The Morgan fingerprint density at radius 2 is 1.74 bits per heavy atom. The van der Waals surface area contributed by atoms with E-state index in [4.69, 9.17) is 13.7 Å². The van der Waals surface area contributed by atoms with Crippen LogP contribution in [0.3, 0.4) is 0 Å². The molecule has 27 heavy (non-hydrogen) atoms. The normalized spacial score (nSPS) is 12.9. The summed E-state index contributed by atoms with van der Waals surface area (Å²) in [6.07, 6.45) is 0.336. The van der Waals surface area contributed by atoms with Gasteiger partial charge in [0.1, 0.15) is 19.6 Å². The number of pyridine rings is 1. The summed E-state index contributed by atoms with van der Waals surface area (Å²) in [7, 11) is 1.86. The van der Waals surface area contributed by atoms with Crippen LogP contribution in [0.15, 0.2) is 47.0 Å². The highest BCUT2D eigenvalue weighted by Gasteiger charge is 2.22. The van der Waals surface area contributed by atoms with Crippen LogP contribution in [0.1, 0.15) is 39.2 Å². The Bertz CT molecular complexity index is 1340. The molecule has 4 rings (SSSR count). The molecular formula is C24H23N2O+. The van der Waals surface area contributed by atoms with E-state index in [-0.39, 0.29) is 0 Å². The summed E-state index contributed by atoms with van der Waals surface area (Å²) >= 11 is 0. The Hall–Kier alpha value is -3.12. The Morgan fingerprint density at radius 3 is 2.41 bits per heavy atom. The topological polar surface area (TPSA) is 21.4 Å². The minimum absolute atomic E-state index is 0.336. The van der Waals surface area contributed by atoms with Crippen molar-refractivity contribution in [3.63, 3.8) is 0 Å². The average Bonchev–Trinajstić information content (AvgIpc) is 3.01. The smallest absolute Gasteiger partial charge is 0.232 e. The molecule has 0 unspecified atom stereocenters. The quantitative estimate of drug-likeness (QED) is 0.302. The van der Waals surface area contributed by atoms with Gasteiger partial charge in [0.2, 0.25) is 11.4 Å². The lowest BCUT2D eigenvalue weighted by Gasteiger charge is -2.09. The van der Waals surface area contributed by atoms with Crippen molar-refractivity contribution in [1.82, 2.24) is 0 Å². The molecule has 0 spiro atoms. The van der Waals surface area contributed by atoms with Crippen LogP contribution >= 0.6 is 0 Å². The molecule has 0 saturated heterocycles. The maximum atomic E-state index is 8.43. The van der Waals surface area contributed by atoms with Crippen LogP contribution in [0.4, 0.5) is 5.69 Å². The number of hydrogen-bond donors (Lipinski definition) is 0. The SMILES string of the molecule is [2H]c1cc(C([2H])(C)C)cc(-c2c(C)ccc3c2oc2c([N+]#[C-])c(C)ccc23)[n+]1C. The van der Waals surface area contributed by atoms with Crippen LogP contribution in [0.25, 0.3) is 38.0 Å². The van der Waals surface area contributed by atoms with Gasteiger partial charge in [0.05, 0.1) is 12.1 Å². The summed E-state index contributed by atoms with van der Waals surface area (Å²) in [5, 5.41) is 1.87. The summed E-state index contributed by atoms with van der Waals surface area (Å²) in [4.78, 5) is 3.69. The highest BCUT2D eigenvalue weighted by molar-refractivity contribution is 6.13. The van der Waals surface area contributed by atoms with E-state index in [1.54, 1.807) is 6.07 Å². The van der Waals surface area contributed by atoms with E-state index < -0.39 is 5.89 Å². The number of fused-ring (bicyclic) bond motifs is 3. The van der Waals surface area contributed by atoms with E-state index in [1.165, 1.54) is 0 Å². The minimum Gasteiger partial charge on any atom is -0.466 e. The molecule has 0 N–H and O–H groups in total. The monoisotopic (exact) mass is 357 g/mol. The zero-order valence-corrected chi connectivity index (χ0v) is 16.3. The lowest BCUT2D eigenvalue weighted by atomic mass is 9.97. The Labute approximate surface area is 162 Å². The lowest BCUT2D eigenvalue weighted by molar-refractivity contribution is -0.660. The van der Waals surface area contributed by atoms with Crippen LogP contribution in [0.2, 0.25) is 0 Å². The van der Waals surface area contributed by atoms with E-state index in [9.17, 15) is 0 Å². The zero-order chi connectivity index (χ0) is 21.1. The highest BCUT2D eigenvalue weighted by atomic mass is 16.3. The van der Waals surface area contributed by atoms with E-state index >= 15 is 0 Å². The van der Waals surface area contributed by atoms with Crippen molar-refractivity contribution in [2.24, 2.45) is 7.05 Å². The second kappa shape index (κ2) is 6.25. The first kappa shape index (κ1) is 15.0. The van der Waals surface area contributed by atoms with Gasteiger partial charge >= 0.3 is 0 Å².